The highest BCUT2D eigenvalue weighted by atomic mass is 35.5. The minimum atomic E-state index is -0.313. The van der Waals surface area contributed by atoms with Crippen LogP contribution in [0.4, 0.5) is 0 Å². The number of phenolic OH excluding ortho intramolecular Hbond substituents is 1. The van der Waals surface area contributed by atoms with Crippen molar-refractivity contribution in [2.24, 2.45) is 5.10 Å². The lowest BCUT2D eigenvalue weighted by molar-refractivity contribution is -0.130. The van der Waals surface area contributed by atoms with Crippen LogP contribution in [0, 0.1) is 0 Å². The number of para-hydroxylation sites is 1. The topological polar surface area (TPSA) is 52.9 Å². The van der Waals surface area contributed by atoms with Crippen LogP contribution in [0.1, 0.15) is 30.5 Å². The molecule has 1 aliphatic heterocycles. The molecular formula is C17H14Cl2N2O2. The van der Waals surface area contributed by atoms with E-state index < -0.39 is 0 Å². The van der Waals surface area contributed by atoms with Gasteiger partial charge in [-0.2, -0.15) is 5.10 Å². The Bertz CT molecular complexity index is 805. The second-order valence-corrected chi connectivity index (χ2v) is 6.16. The molecule has 0 fully saturated rings. The molecule has 2 aromatic rings. The number of amides is 1. The summed E-state index contributed by atoms with van der Waals surface area (Å²) in [5.41, 5.74) is 2.04. The largest absolute Gasteiger partial charge is 0.507 e. The molecule has 4 nitrogen and oxygen atoms in total. The van der Waals surface area contributed by atoms with E-state index >= 15 is 0 Å². The highest BCUT2D eigenvalue weighted by Gasteiger charge is 2.33. The number of hydrogen-bond acceptors (Lipinski definition) is 3. The zero-order valence-corrected chi connectivity index (χ0v) is 13.8. The quantitative estimate of drug-likeness (QED) is 0.874. The predicted octanol–water partition coefficient (Wildman–Crippen LogP) is 4.40. The zero-order valence-electron chi connectivity index (χ0n) is 12.3. The number of halogens is 2. The maximum atomic E-state index is 12.0. The minimum Gasteiger partial charge on any atom is -0.507 e. The minimum absolute atomic E-state index is 0.137. The van der Waals surface area contributed by atoms with E-state index in [-0.39, 0.29) is 17.7 Å². The van der Waals surface area contributed by atoms with Gasteiger partial charge in [0.1, 0.15) is 5.75 Å². The molecule has 1 heterocycles. The first-order valence-corrected chi connectivity index (χ1v) is 7.83. The van der Waals surface area contributed by atoms with Crippen LogP contribution in [-0.4, -0.2) is 21.7 Å². The van der Waals surface area contributed by atoms with Gasteiger partial charge in [-0.05, 0) is 29.8 Å². The third kappa shape index (κ3) is 3.05. The van der Waals surface area contributed by atoms with Crippen molar-refractivity contribution in [3.05, 3.63) is 63.6 Å². The van der Waals surface area contributed by atoms with Gasteiger partial charge < -0.3 is 5.11 Å². The van der Waals surface area contributed by atoms with E-state index in [1.807, 2.05) is 6.07 Å². The Labute approximate surface area is 143 Å². The summed E-state index contributed by atoms with van der Waals surface area (Å²) in [6.07, 6.45) is 0.471. The van der Waals surface area contributed by atoms with Gasteiger partial charge in [-0.25, -0.2) is 5.01 Å². The SMILES string of the molecule is CC(=O)N1N=C(c2ccccc2O)C[C@H]1c1ccc(Cl)cc1Cl. The first-order valence-electron chi connectivity index (χ1n) is 7.08. The predicted molar refractivity (Wildman–Crippen MR) is 91.0 cm³/mol. The van der Waals surface area contributed by atoms with E-state index in [0.29, 0.717) is 27.7 Å². The van der Waals surface area contributed by atoms with Crippen LogP contribution in [0.25, 0.3) is 0 Å². The van der Waals surface area contributed by atoms with Crippen LogP contribution in [-0.2, 0) is 4.79 Å². The van der Waals surface area contributed by atoms with Crippen molar-refractivity contribution in [2.45, 2.75) is 19.4 Å². The summed E-state index contributed by atoms with van der Waals surface area (Å²) in [6.45, 7) is 1.45. The Morgan fingerprint density at radius 2 is 2.00 bits per heavy atom. The number of nitrogens with zero attached hydrogens (tertiary/aromatic N) is 2. The number of aromatic hydroxyl groups is 1. The lowest BCUT2D eigenvalue weighted by Gasteiger charge is -2.21. The molecule has 6 heteroatoms. The summed E-state index contributed by atoms with van der Waals surface area (Å²) in [7, 11) is 0. The Morgan fingerprint density at radius 1 is 1.26 bits per heavy atom. The lowest BCUT2D eigenvalue weighted by Crippen LogP contribution is -2.24. The molecule has 1 aliphatic rings. The molecule has 3 rings (SSSR count). The van der Waals surface area contributed by atoms with Crippen LogP contribution >= 0.6 is 23.2 Å². The monoisotopic (exact) mass is 348 g/mol. The van der Waals surface area contributed by atoms with Crippen molar-refractivity contribution in [1.29, 1.82) is 0 Å². The van der Waals surface area contributed by atoms with E-state index in [9.17, 15) is 9.90 Å². The Kier molecular flexibility index (Phi) is 4.28. The van der Waals surface area contributed by atoms with Crippen LogP contribution in [0.5, 0.6) is 5.75 Å². The molecule has 0 bridgehead atoms. The summed E-state index contributed by atoms with van der Waals surface area (Å²) in [5, 5.41) is 16.8. The zero-order chi connectivity index (χ0) is 16.6. The molecule has 0 aliphatic carbocycles. The van der Waals surface area contributed by atoms with Gasteiger partial charge in [0.25, 0.3) is 0 Å². The summed E-state index contributed by atoms with van der Waals surface area (Å²) in [6, 6.07) is 11.8. The number of phenols is 1. The van der Waals surface area contributed by atoms with E-state index in [1.54, 1.807) is 36.4 Å². The molecule has 0 saturated carbocycles. The van der Waals surface area contributed by atoms with Crippen molar-refractivity contribution in [3.63, 3.8) is 0 Å². The standard InChI is InChI=1S/C17H14Cl2N2O2/c1-10(22)21-16(12-7-6-11(18)8-14(12)19)9-15(20-21)13-4-2-3-5-17(13)23/h2-8,16,23H,9H2,1H3/t16-/m0/s1. The second-order valence-electron chi connectivity index (χ2n) is 5.31. The first-order chi connectivity index (χ1) is 11.0. The molecule has 1 N–H and O–H groups in total. The van der Waals surface area contributed by atoms with Crippen LogP contribution in [0.3, 0.4) is 0 Å². The second kappa shape index (κ2) is 6.22. The third-order valence-corrected chi connectivity index (χ3v) is 4.33. The molecule has 2 aromatic carbocycles. The number of carbonyl (C=O) groups is 1. The molecular weight excluding hydrogens is 335 g/mol. The van der Waals surface area contributed by atoms with Crippen molar-refractivity contribution in [2.75, 3.05) is 0 Å². The Balaban J connectivity index is 2.01. The van der Waals surface area contributed by atoms with Crippen LogP contribution < -0.4 is 0 Å². The average Bonchev–Trinajstić information content (AvgIpc) is 2.92. The fourth-order valence-electron chi connectivity index (χ4n) is 2.69. The number of hydrazone groups is 1. The number of rotatable bonds is 2. The van der Waals surface area contributed by atoms with Gasteiger partial charge in [0.2, 0.25) is 5.91 Å². The first kappa shape index (κ1) is 15.8. The van der Waals surface area contributed by atoms with E-state index in [2.05, 4.69) is 5.10 Å². The molecule has 118 valence electrons. The third-order valence-electron chi connectivity index (χ3n) is 3.77. The fraction of sp³-hybridized carbons (Fsp3) is 0.176. The Hall–Kier alpha value is -2.04. The van der Waals surface area contributed by atoms with Gasteiger partial charge in [-0.1, -0.05) is 41.4 Å². The van der Waals surface area contributed by atoms with Crippen molar-refractivity contribution in [3.8, 4) is 5.75 Å². The van der Waals surface area contributed by atoms with E-state index in [0.717, 1.165) is 5.56 Å². The lowest BCUT2D eigenvalue weighted by atomic mass is 9.98. The summed E-state index contributed by atoms with van der Waals surface area (Å²) >= 11 is 12.2. The van der Waals surface area contributed by atoms with Crippen molar-refractivity contribution in [1.82, 2.24) is 5.01 Å². The molecule has 0 spiro atoms. The fourth-order valence-corrected chi connectivity index (χ4v) is 3.23. The molecule has 0 aromatic heterocycles. The van der Waals surface area contributed by atoms with Crippen molar-refractivity contribution < 1.29 is 9.90 Å². The molecule has 0 saturated heterocycles. The van der Waals surface area contributed by atoms with E-state index in [1.165, 1.54) is 11.9 Å². The molecule has 0 radical (unpaired) electrons. The molecule has 23 heavy (non-hydrogen) atoms. The number of benzene rings is 2. The van der Waals surface area contributed by atoms with Gasteiger partial charge in [0, 0.05) is 29.0 Å². The normalized spacial score (nSPS) is 17.3. The van der Waals surface area contributed by atoms with Gasteiger partial charge in [0.15, 0.2) is 0 Å². The molecule has 0 unspecified atom stereocenters. The summed E-state index contributed by atoms with van der Waals surface area (Å²) < 4.78 is 0. The molecule has 1 atom stereocenters. The van der Waals surface area contributed by atoms with Gasteiger partial charge >= 0.3 is 0 Å². The van der Waals surface area contributed by atoms with Crippen LogP contribution in [0.15, 0.2) is 47.6 Å². The average molecular weight is 349 g/mol. The van der Waals surface area contributed by atoms with Gasteiger partial charge in [0.05, 0.1) is 11.8 Å². The maximum Gasteiger partial charge on any atom is 0.240 e. The Morgan fingerprint density at radius 3 is 2.65 bits per heavy atom. The highest BCUT2D eigenvalue weighted by Crippen LogP contribution is 2.38. The van der Waals surface area contributed by atoms with Gasteiger partial charge in [-0.3, -0.25) is 4.79 Å². The van der Waals surface area contributed by atoms with Gasteiger partial charge in [-0.15, -0.1) is 0 Å². The molecule has 1 amide bonds. The number of carbonyl (C=O) groups excluding carboxylic acids is 1. The summed E-state index contributed by atoms with van der Waals surface area (Å²) in [4.78, 5) is 12.0. The van der Waals surface area contributed by atoms with E-state index in [4.69, 9.17) is 23.2 Å². The summed E-state index contributed by atoms with van der Waals surface area (Å²) in [5.74, 6) is -0.0518. The highest BCUT2D eigenvalue weighted by molar-refractivity contribution is 6.35. The smallest absolute Gasteiger partial charge is 0.240 e. The number of hydrogen-bond donors (Lipinski definition) is 1. The van der Waals surface area contributed by atoms with Crippen LogP contribution in [0.2, 0.25) is 10.0 Å². The van der Waals surface area contributed by atoms with Crippen molar-refractivity contribution >= 4 is 34.8 Å². The maximum absolute atomic E-state index is 12.0.